The van der Waals surface area contributed by atoms with Gasteiger partial charge in [-0.1, -0.05) is 6.07 Å². The molecule has 0 atom stereocenters. The number of nitrogens with zero attached hydrogens (tertiary/aromatic N) is 3. The summed E-state index contributed by atoms with van der Waals surface area (Å²) in [6.07, 6.45) is 0. The third kappa shape index (κ3) is 3.35. The molecule has 128 valence electrons. The van der Waals surface area contributed by atoms with Gasteiger partial charge in [0.05, 0.1) is 11.6 Å². The average molecular weight is 345 g/mol. The number of hydrogen-bond acceptors (Lipinski definition) is 7. The zero-order valence-electron chi connectivity index (χ0n) is 14.0. The Labute approximate surface area is 150 Å². The highest BCUT2D eigenvalue weighted by molar-refractivity contribution is 5.66. The second-order valence-corrected chi connectivity index (χ2v) is 5.70. The summed E-state index contributed by atoms with van der Waals surface area (Å²) in [5.41, 5.74) is 2.21. The first-order valence-electron chi connectivity index (χ1n) is 7.99. The number of benzene rings is 2. The van der Waals surface area contributed by atoms with Gasteiger partial charge in [-0.2, -0.15) is 5.26 Å². The maximum absolute atomic E-state index is 9.01. The van der Waals surface area contributed by atoms with Crippen LogP contribution in [0.15, 0.2) is 48.5 Å². The number of aromatic nitrogens is 2. The molecule has 0 aliphatic carbocycles. The van der Waals surface area contributed by atoms with E-state index in [0.717, 1.165) is 17.1 Å². The van der Waals surface area contributed by atoms with E-state index in [-0.39, 0.29) is 6.79 Å². The molecule has 3 aromatic rings. The van der Waals surface area contributed by atoms with Gasteiger partial charge in [0, 0.05) is 23.5 Å². The van der Waals surface area contributed by atoms with E-state index >= 15 is 0 Å². The molecular formula is C19H15N5O2. The van der Waals surface area contributed by atoms with Gasteiger partial charge in [-0.15, -0.1) is 0 Å². The van der Waals surface area contributed by atoms with Gasteiger partial charge in [-0.3, -0.25) is 0 Å². The molecule has 7 nitrogen and oxygen atoms in total. The Hall–Kier alpha value is -3.79. The Balaban J connectivity index is 1.57. The molecule has 2 N–H and O–H groups in total. The highest BCUT2D eigenvalue weighted by Crippen LogP contribution is 2.35. The zero-order chi connectivity index (χ0) is 17.9. The number of rotatable bonds is 4. The summed E-state index contributed by atoms with van der Waals surface area (Å²) in [4.78, 5) is 8.81. The van der Waals surface area contributed by atoms with Crippen LogP contribution in [-0.4, -0.2) is 16.8 Å². The van der Waals surface area contributed by atoms with Crippen LogP contribution in [-0.2, 0) is 0 Å². The molecule has 0 amide bonds. The molecule has 0 spiro atoms. The van der Waals surface area contributed by atoms with E-state index in [9.17, 15) is 0 Å². The molecule has 1 aliphatic rings. The van der Waals surface area contributed by atoms with Crippen LogP contribution in [0.3, 0.4) is 0 Å². The van der Waals surface area contributed by atoms with E-state index in [4.69, 9.17) is 14.7 Å². The molecular weight excluding hydrogens is 330 g/mol. The molecule has 0 saturated carbocycles. The van der Waals surface area contributed by atoms with Crippen LogP contribution in [0.4, 0.5) is 23.0 Å². The van der Waals surface area contributed by atoms with E-state index < -0.39 is 0 Å². The Morgan fingerprint density at radius 1 is 0.923 bits per heavy atom. The Bertz CT molecular complexity index is 1010. The minimum absolute atomic E-state index is 0.237. The summed E-state index contributed by atoms with van der Waals surface area (Å²) in [5, 5.41) is 15.5. The van der Waals surface area contributed by atoms with Gasteiger partial charge in [-0.05, 0) is 37.3 Å². The number of nitrogens with one attached hydrogen (secondary N) is 2. The molecule has 1 aromatic heterocycles. The first-order valence-corrected chi connectivity index (χ1v) is 7.99. The standard InChI is InChI=1S/C19H15N5O2/c1-12-21-18(23-14-4-2-3-13(7-14)10-20)9-19(22-12)24-15-5-6-16-17(8-15)26-11-25-16/h2-9H,11H2,1H3,(H2,21,22,23,24). The molecule has 26 heavy (non-hydrogen) atoms. The zero-order valence-corrected chi connectivity index (χ0v) is 14.0. The highest BCUT2D eigenvalue weighted by Gasteiger charge is 2.13. The first-order chi connectivity index (χ1) is 12.7. The fraction of sp³-hybridized carbons (Fsp3) is 0.105. The van der Waals surface area contributed by atoms with Gasteiger partial charge in [-0.25, -0.2) is 9.97 Å². The molecule has 0 unspecified atom stereocenters. The normalized spacial score (nSPS) is 11.7. The second-order valence-electron chi connectivity index (χ2n) is 5.70. The molecule has 2 aromatic carbocycles. The number of hydrogen-bond donors (Lipinski definition) is 2. The molecule has 7 heteroatoms. The van der Waals surface area contributed by atoms with Crippen molar-refractivity contribution in [3.8, 4) is 17.6 Å². The number of fused-ring (bicyclic) bond motifs is 1. The fourth-order valence-electron chi connectivity index (χ4n) is 2.63. The first kappa shape index (κ1) is 15.7. The minimum atomic E-state index is 0.237. The van der Waals surface area contributed by atoms with Gasteiger partial charge in [0.1, 0.15) is 17.5 Å². The van der Waals surface area contributed by atoms with Crippen molar-refractivity contribution in [3.05, 3.63) is 59.9 Å². The van der Waals surface area contributed by atoms with Crippen LogP contribution in [0.25, 0.3) is 0 Å². The quantitative estimate of drug-likeness (QED) is 0.741. The number of nitriles is 1. The van der Waals surface area contributed by atoms with Crippen molar-refractivity contribution in [1.82, 2.24) is 9.97 Å². The fourth-order valence-corrected chi connectivity index (χ4v) is 2.63. The van der Waals surface area contributed by atoms with Crippen molar-refractivity contribution >= 4 is 23.0 Å². The smallest absolute Gasteiger partial charge is 0.231 e. The molecule has 0 radical (unpaired) electrons. The van der Waals surface area contributed by atoms with Crippen LogP contribution in [0.5, 0.6) is 11.5 Å². The van der Waals surface area contributed by atoms with E-state index in [2.05, 4.69) is 26.7 Å². The lowest BCUT2D eigenvalue weighted by Gasteiger charge is -2.11. The van der Waals surface area contributed by atoms with Crippen molar-refractivity contribution in [2.24, 2.45) is 0 Å². The van der Waals surface area contributed by atoms with E-state index in [1.54, 1.807) is 18.2 Å². The van der Waals surface area contributed by atoms with Gasteiger partial charge in [0.15, 0.2) is 11.5 Å². The van der Waals surface area contributed by atoms with Crippen LogP contribution in [0.2, 0.25) is 0 Å². The predicted octanol–water partition coefficient (Wildman–Crippen LogP) is 3.87. The summed E-state index contributed by atoms with van der Waals surface area (Å²) in [7, 11) is 0. The van der Waals surface area contributed by atoms with Gasteiger partial charge in [0.25, 0.3) is 0 Å². The van der Waals surface area contributed by atoms with E-state index in [1.807, 2.05) is 37.3 Å². The molecule has 0 saturated heterocycles. The molecule has 1 aliphatic heterocycles. The lowest BCUT2D eigenvalue weighted by Crippen LogP contribution is -2.01. The average Bonchev–Trinajstić information content (AvgIpc) is 3.09. The largest absolute Gasteiger partial charge is 0.454 e. The van der Waals surface area contributed by atoms with Crippen molar-refractivity contribution in [3.63, 3.8) is 0 Å². The summed E-state index contributed by atoms with van der Waals surface area (Å²) in [6.45, 7) is 2.06. The third-order valence-corrected chi connectivity index (χ3v) is 3.75. The summed E-state index contributed by atoms with van der Waals surface area (Å²) >= 11 is 0. The van der Waals surface area contributed by atoms with Crippen molar-refractivity contribution in [2.75, 3.05) is 17.4 Å². The summed E-state index contributed by atoms with van der Waals surface area (Å²) in [5.74, 6) is 3.34. The molecule has 0 bridgehead atoms. The van der Waals surface area contributed by atoms with Gasteiger partial charge < -0.3 is 20.1 Å². The second kappa shape index (κ2) is 6.61. The van der Waals surface area contributed by atoms with Crippen LogP contribution in [0, 0.1) is 18.3 Å². The lowest BCUT2D eigenvalue weighted by molar-refractivity contribution is 0.174. The molecule has 4 rings (SSSR count). The number of aryl methyl sites for hydroxylation is 1. The van der Waals surface area contributed by atoms with E-state index in [0.29, 0.717) is 28.8 Å². The number of ether oxygens (including phenoxy) is 2. The summed E-state index contributed by atoms with van der Waals surface area (Å²) < 4.78 is 10.7. The SMILES string of the molecule is Cc1nc(Nc2cccc(C#N)c2)cc(Nc2ccc3c(c2)OCO3)n1. The topological polar surface area (TPSA) is 92.1 Å². The van der Waals surface area contributed by atoms with Gasteiger partial charge >= 0.3 is 0 Å². The monoisotopic (exact) mass is 345 g/mol. The number of anilines is 4. The molecule has 0 fully saturated rings. The maximum Gasteiger partial charge on any atom is 0.231 e. The third-order valence-electron chi connectivity index (χ3n) is 3.75. The van der Waals surface area contributed by atoms with Crippen LogP contribution in [0.1, 0.15) is 11.4 Å². The van der Waals surface area contributed by atoms with Crippen molar-refractivity contribution in [2.45, 2.75) is 6.92 Å². The van der Waals surface area contributed by atoms with Crippen molar-refractivity contribution in [1.29, 1.82) is 5.26 Å². The molecule has 2 heterocycles. The van der Waals surface area contributed by atoms with Crippen LogP contribution >= 0.6 is 0 Å². The maximum atomic E-state index is 9.01. The van der Waals surface area contributed by atoms with Crippen molar-refractivity contribution < 1.29 is 9.47 Å². The Kier molecular flexibility index (Phi) is 4.00. The van der Waals surface area contributed by atoms with Crippen LogP contribution < -0.4 is 20.1 Å². The highest BCUT2D eigenvalue weighted by atomic mass is 16.7. The minimum Gasteiger partial charge on any atom is -0.454 e. The summed E-state index contributed by atoms with van der Waals surface area (Å²) in [6, 6.07) is 16.8. The van der Waals surface area contributed by atoms with Gasteiger partial charge in [0.2, 0.25) is 6.79 Å². The lowest BCUT2D eigenvalue weighted by atomic mass is 10.2. The predicted molar refractivity (Wildman–Crippen MR) is 97.1 cm³/mol. The van der Waals surface area contributed by atoms with E-state index in [1.165, 1.54) is 0 Å². The Morgan fingerprint density at radius 3 is 2.42 bits per heavy atom. The Morgan fingerprint density at radius 2 is 1.65 bits per heavy atom.